The molecule has 1 saturated heterocycles. The molecule has 0 aliphatic carbocycles. The normalized spacial score (nSPS) is 15.2. The molecule has 30 heavy (non-hydrogen) atoms. The van der Waals surface area contributed by atoms with Gasteiger partial charge >= 0.3 is 6.09 Å². The first kappa shape index (κ1) is 22.5. The summed E-state index contributed by atoms with van der Waals surface area (Å²) in [5.74, 6) is 0.126. The van der Waals surface area contributed by atoms with Gasteiger partial charge in [-0.1, -0.05) is 29.0 Å². The van der Waals surface area contributed by atoms with Gasteiger partial charge in [0.15, 0.2) is 0 Å². The zero-order chi connectivity index (χ0) is 22.1. The predicted molar refractivity (Wildman–Crippen MR) is 118 cm³/mol. The second-order valence-corrected chi connectivity index (χ2v) is 10.00. The molecule has 1 fully saturated rings. The summed E-state index contributed by atoms with van der Waals surface area (Å²) in [6, 6.07) is 5.33. The molecule has 0 unspecified atom stereocenters. The topological polar surface area (TPSA) is 75.6 Å². The van der Waals surface area contributed by atoms with Crippen molar-refractivity contribution < 1.29 is 14.3 Å². The molecule has 2 amide bonds. The Labute approximate surface area is 186 Å². The molecular formula is C21H27ClN4O3S. The number of carbonyl (C=O) groups is 2. The summed E-state index contributed by atoms with van der Waals surface area (Å²) in [5.41, 5.74) is 0.811. The Morgan fingerprint density at radius 2 is 1.87 bits per heavy atom. The molecule has 162 valence electrons. The molecule has 2 aromatic rings. The minimum atomic E-state index is -0.490. The molecule has 0 radical (unpaired) electrons. The van der Waals surface area contributed by atoms with Crippen LogP contribution in [0, 0.1) is 0 Å². The summed E-state index contributed by atoms with van der Waals surface area (Å²) in [4.78, 5) is 27.6. The third-order valence-electron chi connectivity index (χ3n) is 4.79. The molecule has 0 atom stereocenters. The zero-order valence-electron chi connectivity index (χ0n) is 17.9. The van der Waals surface area contributed by atoms with E-state index in [0.717, 1.165) is 28.4 Å². The molecule has 9 heteroatoms. The van der Waals surface area contributed by atoms with Crippen molar-refractivity contribution in [2.24, 2.45) is 0 Å². The van der Waals surface area contributed by atoms with Crippen molar-refractivity contribution in [2.45, 2.75) is 45.1 Å². The van der Waals surface area contributed by atoms with Gasteiger partial charge in [0.25, 0.3) is 5.91 Å². The number of piperidine rings is 1. The van der Waals surface area contributed by atoms with Gasteiger partial charge < -0.3 is 14.5 Å². The van der Waals surface area contributed by atoms with E-state index >= 15 is 0 Å². The van der Waals surface area contributed by atoms with Crippen molar-refractivity contribution in [3.8, 4) is 10.6 Å². The van der Waals surface area contributed by atoms with Gasteiger partial charge in [0.05, 0.1) is 10.6 Å². The van der Waals surface area contributed by atoms with E-state index in [1.807, 2.05) is 26.8 Å². The predicted octanol–water partition coefficient (Wildman–Crippen LogP) is 4.67. The summed E-state index contributed by atoms with van der Waals surface area (Å²) in [5, 5.41) is 10.8. The van der Waals surface area contributed by atoms with Crippen molar-refractivity contribution in [1.29, 1.82) is 0 Å². The second kappa shape index (κ2) is 8.89. The second-order valence-electron chi connectivity index (χ2n) is 8.58. The van der Waals surface area contributed by atoms with Crippen LogP contribution in [-0.4, -0.2) is 64.8 Å². The van der Waals surface area contributed by atoms with Gasteiger partial charge in [0.1, 0.15) is 15.6 Å². The van der Waals surface area contributed by atoms with E-state index in [1.54, 1.807) is 31.1 Å². The Balaban J connectivity index is 1.66. The first-order valence-corrected chi connectivity index (χ1v) is 11.1. The molecule has 7 nitrogen and oxygen atoms in total. The van der Waals surface area contributed by atoms with Crippen molar-refractivity contribution in [3.05, 3.63) is 33.8 Å². The standard InChI is InChI=1S/C21H27ClN4O3S/c1-21(2,3)29-20(28)26-10-8-13(9-11-26)17-23-24-18(30-17)14-6-7-15(16(22)12-14)19(27)25(4)5/h6-7,12-13H,8-11H2,1-5H3. The largest absolute Gasteiger partial charge is 0.444 e. The summed E-state index contributed by atoms with van der Waals surface area (Å²) < 4.78 is 5.45. The fraction of sp³-hybridized carbons (Fsp3) is 0.524. The maximum absolute atomic E-state index is 12.2. The van der Waals surface area contributed by atoms with Crippen LogP contribution in [0.4, 0.5) is 4.79 Å². The number of rotatable bonds is 3. The number of nitrogens with zero attached hydrogens (tertiary/aromatic N) is 4. The quantitative estimate of drug-likeness (QED) is 0.678. The van der Waals surface area contributed by atoms with Crippen LogP contribution in [0.2, 0.25) is 5.02 Å². The lowest BCUT2D eigenvalue weighted by atomic mass is 9.98. The van der Waals surface area contributed by atoms with Crippen molar-refractivity contribution in [2.75, 3.05) is 27.2 Å². The van der Waals surface area contributed by atoms with E-state index in [1.165, 1.54) is 16.2 Å². The summed E-state index contributed by atoms with van der Waals surface area (Å²) >= 11 is 7.86. The van der Waals surface area contributed by atoms with Gasteiger partial charge in [0.2, 0.25) is 0 Å². The van der Waals surface area contributed by atoms with Gasteiger partial charge in [-0.05, 0) is 45.7 Å². The highest BCUT2D eigenvalue weighted by Gasteiger charge is 2.29. The highest BCUT2D eigenvalue weighted by molar-refractivity contribution is 7.14. The highest BCUT2D eigenvalue weighted by atomic mass is 35.5. The SMILES string of the molecule is CN(C)C(=O)c1ccc(-c2nnc(C3CCN(C(=O)OC(C)(C)C)CC3)s2)cc1Cl. The van der Waals surface area contributed by atoms with E-state index in [9.17, 15) is 9.59 Å². The summed E-state index contributed by atoms with van der Waals surface area (Å²) in [6.45, 7) is 6.89. The number of carbonyl (C=O) groups excluding carboxylic acids is 2. The molecule has 3 rings (SSSR count). The molecule has 1 aliphatic rings. The highest BCUT2D eigenvalue weighted by Crippen LogP contribution is 2.35. The minimum absolute atomic E-state index is 0.138. The number of ether oxygens (including phenoxy) is 1. The van der Waals surface area contributed by atoms with E-state index < -0.39 is 5.60 Å². The Morgan fingerprint density at radius 1 is 1.20 bits per heavy atom. The van der Waals surface area contributed by atoms with Crippen LogP contribution in [-0.2, 0) is 4.74 Å². The van der Waals surface area contributed by atoms with Crippen LogP contribution < -0.4 is 0 Å². The van der Waals surface area contributed by atoms with Gasteiger partial charge in [-0.15, -0.1) is 10.2 Å². The van der Waals surface area contributed by atoms with Crippen molar-refractivity contribution in [3.63, 3.8) is 0 Å². The van der Waals surface area contributed by atoms with Crippen LogP contribution in [0.3, 0.4) is 0 Å². The molecule has 0 N–H and O–H groups in total. The van der Waals surface area contributed by atoms with E-state index in [-0.39, 0.29) is 17.9 Å². The number of benzene rings is 1. The van der Waals surface area contributed by atoms with Gasteiger partial charge in [-0.25, -0.2) is 4.79 Å². The molecule has 2 heterocycles. The molecule has 0 saturated carbocycles. The molecule has 1 aromatic carbocycles. The maximum atomic E-state index is 12.2. The Morgan fingerprint density at radius 3 is 2.43 bits per heavy atom. The lowest BCUT2D eigenvalue weighted by Crippen LogP contribution is -2.41. The number of hydrogen-bond donors (Lipinski definition) is 0. The average molecular weight is 451 g/mol. The van der Waals surface area contributed by atoms with Gasteiger partial charge in [-0.2, -0.15) is 0 Å². The third-order valence-corrected chi connectivity index (χ3v) is 6.24. The number of halogens is 1. The lowest BCUT2D eigenvalue weighted by Gasteiger charge is -2.32. The number of hydrogen-bond acceptors (Lipinski definition) is 6. The van der Waals surface area contributed by atoms with Crippen LogP contribution in [0.25, 0.3) is 10.6 Å². The fourth-order valence-corrected chi connectivity index (χ4v) is 4.48. The molecule has 0 spiro atoms. The van der Waals surface area contributed by atoms with Crippen LogP contribution in [0.15, 0.2) is 18.2 Å². The van der Waals surface area contributed by atoms with Crippen LogP contribution >= 0.6 is 22.9 Å². The summed E-state index contributed by atoms with van der Waals surface area (Å²) in [6.07, 6.45) is 1.39. The molecule has 1 aliphatic heterocycles. The third kappa shape index (κ3) is 5.29. The number of likely N-dealkylation sites (tertiary alicyclic amines) is 1. The Kier molecular flexibility index (Phi) is 6.67. The molecular weight excluding hydrogens is 424 g/mol. The minimum Gasteiger partial charge on any atom is -0.444 e. The zero-order valence-corrected chi connectivity index (χ0v) is 19.5. The summed E-state index contributed by atoms with van der Waals surface area (Å²) in [7, 11) is 3.38. The van der Waals surface area contributed by atoms with Crippen LogP contribution in [0.5, 0.6) is 0 Å². The van der Waals surface area contributed by atoms with Crippen molar-refractivity contribution >= 4 is 34.9 Å². The van der Waals surface area contributed by atoms with Gasteiger partial charge in [-0.3, -0.25) is 4.79 Å². The van der Waals surface area contributed by atoms with E-state index in [2.05, 4.69) is 10.2 Å². The Bertz CT molecular complexity index is 931. The Hall–Kier alpha value is -2.19. The average Bonchev–Trinajstić information content (AvgIpc) is 3.16. The monoisotopic (exact) mass is 450 g/mol. The fourth-order valence-electron chi connectivity index (χ4n) is 3.21. The molecule has 1 aromatic heterocycles. The van der Waals surface area contributed by atoms with Crippen LogP contribution in [0.1, 0.15) is 54.9 Å². The molecule has 0 bridgehead atoms. The number of aromatic nitrogens is 2. The van der Waals surface area contributed by atoms with E-state index in [4.69, 9.17) is 16.3 Å². The van der Waals surface area contributed by atoms with E-state index in [0.29, 0.717) is 23.7 Å². The lowest BCUT2D eigenvalue weighted by molar-refractivity contribution is 0.0204. The van der Waals surface area contributed by atoms with Crippen molar-refractivity contribution in [1.82, 2.24) is 20.0 Å². The first-order valence-electron chi connectivity index (χ1n) is 9.88. The number of amides is 2. The maximum Gasteiger partial charge on any atom is 0.410 e. The van der Waals surface area contributed by atoms with Gasteiger partial charge in [0, 0.05) is 38.7 Å². The smallest absolute Gasteiger partial charge is 0.410 e. The first-order chi connectivity index (χ1) is 14.0.